The molecule has 0 aliphatic carbocycles. The lowest BCUT2D eigenvalue weighted by Gasteiger charge is -2.37. The summed E-state index contributed by atoms with van der Waals surface area (Å²) in [6.07, 6.45) is 2.87. The van der Waals surface area contributed by atoms with E-state index in [1.807, 2.05) is 0 Å². The minimum Gasteiger partial charge on any atom is -0.485 e. The maximum absolute atomic E-state index is 11.4. The van der Waals surface area contributed by atoms with Crippen LogP contribution in [0.25, 0.3) is 5.52 Å². The monoisotopic (exact) mass is 289 g/mol. The standard InChI is InChI=1S/C14H15N3O4/c1-9(18)12-5-15-17-8-10(3-4-13(12)17)21-11-6-16(7-11)14(19)20-2/h3-5,8,11H,6-7H2,1-2H3. The highest BCUT2D eigenvalue weighted by atomic mass is 16.5. The van der Waals surface area contributed by atoms with Gasteiger partial charge in [0.2, 0.25) is 0 Å². The number of aromatic nitrogens is 2. The highest BCUT2D eigenvalue weighted by Crippen LogP contribution is 2.21. The predicted molar refractivity (Wildman–Crippen MR) is 73.6 cm³/mol. The molecule has 1 aliphatic heterocycles. The molecule has 3 rings (SSSR count). The number of hydrogen-bond acceptors (Lipinski definition) is 5. The van der Waals surface area contributed by atoms with E-state index in [4.69, 9.17) is 4.74 Å². The third-order valence-corrected chi connectivity index (χ3v) is 3.45. The number of nitrogens with zero attached hydrogens (tertiary/aromatic N) is 3. The van der Waals surface area contributed by atoms with Gasteiger partial charge in [-0.3, -0.25) is 4.79 Å². The minimum absolute atomic E-state index is 0.0219. The lowest BCUT2D eigenvalue weighted by Crippen LogP contribution is -2.56. The Morgan fingerprint density at radius 1 is 1.33 bits per heavy atom. The van der Waals surface area contributed by atoms with Gasteiger partial charge in [-0.2, -0.15) is 5.10 Å². The predicted octanol–water partition coefficient (Wildman–Crippen LogP) is 1.37. The Labute approximate surface area is 121 Å². The number of pyridine rings is 1. The van der Waals surface area contributed by atoms with Crippen molar-refractivity contribution < 1.29 is 19.1 Å². The molecule has 110 valence electrons. The van der Waals surface area contributed by atoms with E-state index in [1.54, 1.807) is 33.9 Å². The van der Waals surface area contributed by atoms with Crippen LogP contribution in [-0.2, 0) is 4.74 Å². The van der Waals surface area contributed by atoms with Crippen LogP contribution in [0.5, 0.6) is 5.75 Å². The van der Waals surface area contributed by atoms with Crippen LogP contribution in [0.1, 0.15) is 17.3 Å². The molecule has 1 amide bonds. The van der Waals surface area contributed by atoms with Gasteiger partial charge in [0.05, 0.1) is 43.7 Å². The molecule has 0 radical (unpaired) electrons. The molecular formula is C14H15N3O4. The molecule has 2 aromatic heterocycles. The van der Waals surface area contributed by atoms with E-state index in [-0.39, 0.29) is 18.0 Å². The highest BCUT2D eigenvalue weighted by Gasteiger charge is 2.33. The minimum atomic E-state index is -0.344. The second kappa shape index (κ2) is 5.08. The summed E-state index contributed by atoms with van der Waals surface area (Å²) in [5.41, 5.74) is 1.33. The molecule has 2 aromatic rings. The molecule has 0 bridgehead atoms. The number of hydrogen-bond donors (Lipinski definition) is 0. The number of ketones is 1. The Morgan fingerprint density at radius 2 is 2.10 bits per heavy atom. The lowest BCUT2D eigenvalue weighted by atomic mass is 10.2. The first-order chi connectivity index (χ1) is 10.1. The summed E-state index contributed by atoms with van der Waals surface area (Å²) in [6.45, 7) is 2.52. The van der Waals surface area contributed by atoms with E-state index in [9.17, 15) is 9.59 Å². The van der Waals surface area contributed by atoms with Gasteiger partial charge in [0.15, 0.2) is 5.78 Å². The summed E-state index contributed by atoms with van der Waals surface area (Å²) in [4.78, 5) is 24.2. The Balaban J connectivity index is 1.69. The van der Waals surface area contributed by atoms with Crippen molar-refractivity contribution in [3.63, 3.8) is 0 Å². The van der Waals surface area contributed by atoms with Crippen LogP contribution in [0.4, 0.5) is 4.79 Å². The molecule has 3 heterocycles. The number of ether oxygens (including phenoxy) is 2. The van der Waals surface area contributed by atoms with Crippen LogP contribution in [-0.4, -0.2) is 52.7 Å². The summed E-state index contributed by atoms with van der Waals surface area (Å²) in [5.74, 6) is 0.626. The molecule has 0 spiro atoms. The summed E-state index contributed by atoms with van der Waals surface area (Å²) in [6, 6.07) is 3.60. The van der Waals surface area contributed by atoms with E-state index in [0.29, 0.717) is 24.4 Å². The van der Waals surface area contributed by atoms with Gasteiger partial charge in [0.1, 0.15) is 11.9 Å². The topological polar surface area (TPSA) is 73.1 Å². The van der Waals surface area contributed by atoms with Gasteiger partial charge < -0.3 is 14.4 Å². The zero-order valence-electron chi connectivity index (χ0n) is 11.8. The van der Waals surface area contributed by atoms with Crippen LogP contribution in [0.3, 0.4) is 0 Å². The first-order valence-corrected chi connectivity index (χ1v) is 6.56. The highest BCUT2D eigenvalue weighted by molar-refractivity contribution is 6.00. The number of carbonyl (C=O) groups is 2. The zero-order valence-corrected chi connectivity index (χ0v) is 11.8. The van der Waals surface area contributed by atoms with Gasteiger partial charge in [-0.1, -0.05) is 0 Å². The van der Waals surface area contributed by atoms with Crippen molar-refractivity contribution in [1.29, 1.82) is 0 Å². The number of amides is 1. The fraction of sp³-hybridized carbons (Fsp3) is 0.357. The van der Waals surface area contributed by atoms with Gasteiger partial charge in [-0.25, -0.2) is 9.31 Å². The summed E-state index contributed by atoms with van der Waals surface area (Å²) in [5, 5.41) is 4.14. The van der Waals surface area contributed by atoms with Gasteiger partial charge in [0, 0.05) is 0 Å². The van der Waals surface area contributed by atoms with Crippen molar-refractivity contribution in [1.82, 2.24) is 14.5 Å². The largest absolute Gasteiger partial charge is 0.485 e. The number of methoxy groups -OCH3 is 1. The summed E-state index contributed by atoms with van der Waals surface area (Å²) >= 11 is 0. The number of likely N-dealkylation sites (tertiary alicyclic amines) is 1. The average Bonchev–Trinajstić information content (AvgIpc) is 2.84. The number of carbonyl (C=O) groups excluding carboxylic acids is 2. The van der Waals surface area contributed by atoms with Gasteiger partial charge in [0.25, 0.3) is 0 Å². The van der Waals surface area contributed by atoms with Crippen LogP contribution in [0, 0.1) is 0 Å². The molecule has 0 atom stereocenters. The Hall–Kier alpha value is -2.57. The SMILES string of the molecule is COC(=O)N1CC(Oc2ccc3c(C(C)=O)cnn3c2)C1. The second-order valence-electron chi connectivity index (χ2n) is 4.92. The van der Waals surface area contributed by atoms with Crippen LogP contribution in [0.2, 0.25) is 0 Å². The smallest absolute Gasteiger partial charge is 0.409 e. The third kappa shape index (κ3) is 2.42. The molecule has 0 aromatic carbocycles. The Morgan fingerprint density at radius 3 is 2.76 bits per heavy atom. The van der Waals surface area contributed by atoms with Crippen molar-refractivity contribution in [3.8, 4) is 5.75 Å². The van der Waals surface area contributed by atoms with Crippen LogP contribution < -0.4 is 4.74 Å². The van der Waals surface area contributed by atoms with Crippen LogP contribution in [0.15, 0.2) is 24.5 Å². The Bertz CT molecular complexity index is 703. The van der Waals surface area contributed by atoms with Gasteiger partial charge in [-0.05, 0) is 19.1 Å². The van der Waals surface area contributed by atoms with E-state index >= 15 is 0 Å². The second-order valence-corrected chi connectivity index (χ2v) is 4.92. The normalized spacial score (nSPS) is 14.9. The molecule has 7 nitrogen and oxygen atoms in total. The number of Topliss-reactive ketones (excluding diaryl/α,β-unsaturated/α-hetero) is 1. The molecular weight excluding hydrogens is 274 g/mol. The zero-order chi connectivity index (χ0) is 15.0. The quantitative estimate of drug-likeness (QED) is 0.798. The van der Waals surface area contributed by atoms with Crippen molar-refractivity contribution in [2.24, 2.45) is 0 Å². The number of fused-ring (bicyclic) bond motifs is 1. The number of rotatable bonds is 3. The molecule has 0 saturated carbocycles. The molecule has 7 heteroatoms. The van der Waals surface area contributed by atoms with Crippen molar-refractivity contribution in [2.75, 3.05) is 20.2 Å². The lowest BCUT2D eigenvalue weighted by molar-refractivity contribution is 0.0180. The van der Waals surface area contributed by atoms with E-state index in [2.05, 4.69) is 9.84 Å². The molecule has 0 unspecified atom stereocenters. The fourth-order valence-electron chi connectivity index (χ4n) is 2.29. The van der Waals surface area contributed by atoms with Crippen molar-refractivity contribution >= 4 is 17.4 Å². The van der Waals surface area contributed by atoms with Gasteiger partial charge in [-0.15, -0.1) is 0 Å². The third-order valence-electron chi connectivity index (χ3n) is 3.45. The first kappa shape index (κ1) is 13.4. The van der Waals surface area contributed by atoms with Gasteiger partial charge >= 0.3 is 6.09 Å². The van der Waals surface area contributed by atoms with Crippen molar-refractivity contribution in [3.05, 3.63) is 30.1 Å². The Kier molecular flexibility index (Phi) is 3.25. The van der Waals surface area contributed by atoms with E-state index in [1.165, 1.54) is 14.0 Å². The fourth-order valence-corrected chi connectivity index (χ4v) is 2.29. The van der Waals surface area contributed by atoms with E-state index < -0.39 is 0 Å². The molecule has 21 heavy (non-hydrogen) atoms. The van der Waals surface area contributed by atoms with Crippen LogP contribution >= 0.6 is 0 Å². The molecule has 0 N–H and O–H groups in total. The summed E-state index contributed by atoms with van der Waals surface area (Å²) < 4.78 is 12.0. The first-order valence-electron chi connectivity index (χ1n) is 6.56. The molecule has 1 fully saturated rings. The molecule has 1 saturated heterocycles. The maximum atomic E-state index is 11.4. The van der Waals surface area contributed by atoms with E-state index in [0.717, 1.165) is 5.52 Å². The summed E-state index contributed by atoms with van der Waals surface area (Å²) in [7, 11) is 1.36. The molecule has 1 aliphatic rings. The van der Waals surface area contributed by atoms with Crippen molar-refractivity contribution in [2.45, 2.75) is 13.0 Å². The maximum Gasteiger partial charge on any atom is 0.409 e. The average molecular weight is 289 g/mol.